The summed E-state index contributed by atoms with van der Waals surface area (Å²) in [5.74, 6) is -3.66. The molecule has 0 saturated heterocycles. The van der Waals surface area contributed by atoms with Crippen molar-refractivity contribution in [1.82, 2.24) is 9.55 Å². The van der Waals surface area contributed by atoms with Gasteiger partial charge in [0.15, 0.2) is 5.56 Å². The molecule has 10 heteroatoms. The Hall–Kier alpha value is -2.20. The smallest absolute Gasteiger partial charge is 0.543 e. The van der Waals surface area contributed by atoms with E-state index < -0.39 is 34.4 Å². The van der Waals surface area contributed by atoms with E-state index in [0.717, 1.165) is 0 Å². The van der Waals surface area contributed by atoms with Crippen LogP contribution in [0.3, 0.4) is 0 Å². The molecule has 0 aliphatic rings. The maximum atomic E-state index is 11.8. The molecule has 0 saturated carbocycles. The van der Waals surface area contributed by atoms with Crippen LogP contribution in [-0.2, 0) is 6.54 Å². The number of carboxylic acids is 2. The number of nitrogens with zero attached hydrogens (tertiary/aromatic N) is 1. The van der Waals surface area contributed by atoms with Crippen molar-refractivity contribution >= 4 is 11.9 Å². The van der Waals surface area contributed by atoms with Gasteiger partial charge in [0.2, 0.25) is 0 Å². The molecule has 2 aromatic rings. The van der Waals surface area contributed by atoms with E-state index in [9.17, 15) is 24.3 Å². The van der Waals surface area contributed by atoms with Crippen molar-refractivity contribution in [3.05, 3.63) is 68.0 Å². The van der Waals surface area contributed by atoms with E-state index in [1.54, 1.807) is 35.3 Å². The summed E-state index contributed by atoms with van der Waals surface area (Å²) < 4.78 is 0.648. The van der Waals surface area contributed by atoms with Crippen LogP contribution in [0.15, 0.2) is 39.9 Å². The normalized spacial score (nSPS) is 9.39. The van der Waals surface area contributed by atoms with Crippen LogP contribution in [0.25, 0.3) is 0 Å². The second-order valence-corrected chi connectivity index (χ2v) is 4.15. The van der Waals surface area contributed by atoms with Crippen LogP contribution in [0.2, 0.25) is 0 Å². The summed E-state index contributed by atoms with van der Waals surface area (Å²) in [6.07, 6.45) is 0. The van der Waals surface area contributed by atoms with Gasteiger partial charge in [-0.15, -0.1) is 0 Å². The molecule has 1 aromatic carbocycles. The standard InChI is InChI=1S/C13H10N2O6.Na.H2O/c16-10-8(11(17)18)9(12(19)20)15(13(21)14-10)6-7-4-2-1-3-5-7;;/h1-5H,6H2,(H,17,18)(H,19,20)(H,14,16,21);;1H2/q;+1;/p-1. The van der Waals surface area contributed by atoms with Crippen molar-refractivity contribution in [3.63, 3.8) is 0 Å². The van der Waals surface area contributed by atoms with Gasteiger partial charge in [0, 0.05) is 0 Å². The molecule has 2 rings (SSSR count). The van der Waals surface area contributed by atoms with Gasteiger partial charge in [-0.1, -0.05) is 30.3 Å². The minimum absolute atomic E-state index is 0. The van der Waals surface area contributed by atoms with Crippen molar-refractivity contribution in [2.24, 2.45) is 0 Å². The monoisotopic (exact) mass is 330 g/mol. The van der Waals surface area contributed by atoms with Gasteiger partial charge in [0.05, 0.1) is 18.2 Å². The van der Waals surface area contributed by atoms with Gasteiger partial charge in [-0.05, 0) is 5.56 Å². The van der Waals surface area contributed by atoms with Gasteiger partial charge < -0.3 is 20.5 Å². The summed E-state index contributed by atoms with van der Waals surface area (Å²) in [5.41, 5.74) is -3.74. The molecule has 0 aliphatic heterocycles. The topological polar surface area (TPSA) is 164 Å². The molecule has 1 aromatic heterocycles. The Labute approximate surface area is 150 Å². The third-order valence-corrected chi connectivity index (χ3v) is 2.79. The van der Waals surface area contributed by atoms with E-state index in [0.29, 0.717) is 10.1 Å². The number of hydrogen-bond donors (Lipinski definition) is 2. The van der Waals surface area contributed by atoms with Gasteiger partial charge in [-0.25, -0.2) is 9.59 Å². The van der Waals surface area contributed by atoms with Crippen LogP contribution in [-0.4, -0.2) is 32.1 Å². The van der Waals surface area contributed by atoms with Gasteiger partial charge in [-0.2, -0.15) is 0 Å². The number of aromatic carboxylic acids is 2. The Morgan fingerprint density at radius 3 is 2.22 bits per heavy atom. The van der Waals surface area contributed by atoms with Crippen LogP contribution >= 0.6 is 0 Å². The Balaban J connectivity index is 0.00000242. The molecular formula is C13H11N2NaO7. The second-order valence-electron chi connectivity index (χ2n) is 4.15. The van der Waals surface area contributed by atoms with E-state index in [1.165, 1.54) is 0 Å². The number of aromatic amines is 1. The first-order chi connectivity index (χ1) is 9.91. The van der Waals surface area contributed by atoms with Crippen molar-refractivity contribution < 1.29 is 54.8 Å². The summed E-state index contributed by atoms with van der Waals surface area (Å²) in [6, 6.07) is 8.31. The van der Waals surface area contributed by atoms with Crippen molar-refractivity contribution in [3.8, 4) is 0 Å². The molecule has 0 spiro atoms. The Morgan fingerprint density at radius 1 is 1.17 bits per heavy atom. The number of nitrogens with one attached hydrogen (secondary N) is 1. The van der Waals surface area contributed by atoms with Crippen LogP contribution in [0, 0.1) is 0 Å². The van der Waals surface area contributed by atoms with E-state index in [2.05, 4.69) is 0 Å². The summed E-state index contributed by atoms with van der Waals surface area (Å²) >= 11 is 0. The molecule has 0 aliphatic carbocycles. The minimum Gasteiger partial charge on any atom is -0.543 e. The van der Waals surface area contributed by atoms with Crippen LogP contribution in [0.5, 0.6) is 0 Å². The number of aromatic nitrogens is 2. The minimum atomic E-state index is -1.91. The number of carbonyl (C=O) groups is 2. The first-order valence-corrected chi connectivity index (χ1v) is 5.77. The number of carboxylic acid groups (broad SMARTS) is 2. The average Bonchev–Trinajstić information content (AvgIpc) is 2.41. The third kappa shape index (κ3) is 4.39. The van der Waals surface area contributed by atoms with E-state index in [-0.39, 0.29) is 41.6 Å². The fourth-order valence-electron chi connectivity index (χ4n) is 1.90. The Kier molecular flexibility index (Phi) is 7.63. The average molecular weight is 330 g/mol. The Morgan fingerprint density at radius 2 is 1.74 bits per heavy atom. The molecule has 4 N–H and O–H groups in total. The molecule has 0 fully saturated rings. The largest absolute Gasteiger partial charge is 1.00 e. The van der Waals surface area contributed by atoms with Crippen LogP contribution in [0.1, 0.15) is 26.4 Å². The molecule has 1 heterocycles. The number of H-pyrrole nitrogens is 1. The number of rotatable bonds is 4. The number of carbonyl (C=O) groups excluding carboxylic acids is 1. The van der Waals surface area contributed by atoms with E-state index in [4.69, 9.17) is 5.11 Å². The quantitative estimate of drug-likeness (QED) is 0.532. The molecule has 0 radical (unpaired) electrons. The van der Waals surface area contributed by atoms with Crippen LogP contribution < -0.4 is 45.9 Å². The van der Waals surface area contributed by atoms with Gasteiger partial charge in [0.1, 0.15) is 0 Å². The predicted octanol–water partition coefficient (Wildman–Crippen LogP) is -5.17. The van der Waals surface area contributed by atoms with Crippen molar-refractivity contribution in [2.75, 3.05) is 0 Å². The molecule has 23 heavy (non-hydrogen) atoms. The fourth-order valence-corrected chi connectivity index (χ4v) is 1.90. The maximum Gasteiger partial charge on any atom is 1.00 e. The molecule has 0 amide bonds. The number of hydrogen-bond acceptors (Lipinski definition) is 5. The first kappa shape index (κ1) is 20.8. The van der Waals surface area contributed by atoms with Gasteiger partial charge >= 0.3 is 41.2 Å². The van der Waals surface area contributed by atoms with Crippen molar-refractivity contribution in [2.45, 2.75) is 6.54 Å². The maximum absolute atomic E-state index is 11.8. The molecule has 0 bridgehead atoms. The van der Waals surface area contributed by atoms with Crippen LogP contribution in [0.4, 0.5) is 0 Å². The third-order valence-electron chi connectivity index (χ3n) is 2.79. The molecule has 0 atom stereocenters. The molecule has 0 unspecified atom stereocenters. The molecule has 116 valence electrons. The van der Waals surface area contributed by atoms with Gasteiger partial charge in [0.25, 0.3) is 5.56 Å². The summed E-state index contributed by atoms with van der Waals surface area (Å²) in [5, 5.41) is 20.1. The predicted molar refractivity (Wildman–Crippen MR) is 71.8 cm³/mol. The summed E-state index contributed by atoms with van der Waals surface area (Å²) in [6.45, 7) is -0.208. The zero-order valence-electron chi connectivity index (χ0n) is 12.0. The second kappa shape index (κ2) is 8.44. The number of benzene rings is 1. The zero-order chi connectivity index (χ0) is 15.6. The van der Waals surface area contributed by atoms with E-state index in [1.807, 2.05) is 0 Å². The van der Waals surface area contributed by atoms with E-state index >= 15 is 0 Å². The van der Waals surface area contributed by atoms with Gasteiger partial charge in [-0.3, -0.25) is 14.3 Å². The molecule has 9 nitrogen and oxygen atoms in total. The summed E-state index contributed by atoms with van der Waals surface area (Å²) in [7, 11) is 0. The molecular weight excluding hydrogens is 319 g/mol. The zero-order valence-corrected chi connectivity index (χ0v) is 14.0. The Bertz CT molecular complexity index is 826. The summed E-state index contributed by atoms with van der Waals surface area (Å²) in [4.78, 5) is 47.2. The SMILES string of the molecule is O.O=C(O)c1c(C(=O)[O-])n(Cc2ccccc2)c(=O)[nH]c1=O.[Na+]. The first-order valence-electron chi connectivity index (χ1n) is 5.77. The van der Waals surface area contributed by atoms with Crippen molar-refractivity contribution in [1.29, 1.82) is 0 Å². The fraction of sp³-hybridized carbons (Fsp3) is 0.0769.